The van der Waals surface area contributed by atoms with Gasteiger partial charge in [0.1, 0.15) is 0 Å². The number of benzene rings is 1. The Morgan fingerprint density at radius 3 is 2.45 bits per heavy atom. The van der Waals surface area contributed by atoms with Crippen molar-refractivity contribution in [3.05, 3.63) is 69.1 Å². The van der Waals surface area contributed by atoms with Crippen LogP contribution in [0.2, 0.25) is 0 Å². The van der Waals surface area contributed by atoms with Crippen LogP contribution in [0.1, 0.15) is 27.2 Å². The number of hydrogen-bond acceptors (Lipinski definition) is 2. The molecule has 4 nitrogen and oxygen atoms in total. The van der Waals surface area contributed by atoms with E-state index in [2.05, 4.69) is 10.3 Å². The maximum atomic E-state index is 11.2. The molecule has 0 fully saturated rings. The van der Waals surface area contributed by atoms with Crippen molar-refractivity contribution in [1.82, 2.24) is 10.3 Å². The average molecular weight is 270 g/mol. The minimum atomic E-state index is -0.0208. The molecule has 2 heterocycles. The van der Waals surface area contributed by atoms with Crippen molar-refractivity contribution >= 4 is 5.91 Å². The first-order valence-electron chi connectivity index (χ1n) is 6.60. The molecule has 1 aliphatic heterocycles. The number of H-pyrrole nitrogens is 1. The summed E-state index contributed by atoms with van der Waals surface area (Å²) in [5, 5.41) is 2.80. The van der Waals surface area contributed by atoms with Crippen molar-refractivity contribution < 1.29 is 4.79 Å². The van der Waals surface area contributed by atoms with E-state index < -0.39 is 0 Å². The van der Waals surface area contributed by atoms with E-state index in [9.17, 15) is 9.59 Å². The number of amides is 1. The van der Waals surface area contributed by atoms with Crippen molar-refractivity contribution in [3.63, 3.8) is 0 Å². The molecule has 0 saturated carbocycles. The van der Waals surface area contributed by atoms with E-state index >= 15 is 0 Å². The highest BCUT2D eigenvalue weighted by atomic mass is 16.1. The minimum absolute atomic E-state index is 0.0208. The van der Waals surface area contributed by atoms with Crippen molar-refractivity contribution in [2.75, 3.05) is 6.54 Å². The van der Waals surface area contributed by atoms with Crippen molar-refractivity contribution in [1.29, 1.82) is 0 Å². The highest BCUT2D eigenvalue weighted by molar-refractivity contribution is 5.96. The summed E-state index contributed by atoms with van der Waals surface area (Å²) in [6, 6.07) is 11.2. The van der Waals surface area contributed by atoms with Gasteiger partial charge in [0.25, 0.3) is 5.91 Å². The SMILES string of the molecule is Cc1cc(C)[nH]c(=O)c1.O=C1NCCc2ccccc21. The number of fused-ring (bicyclic) bond motifs is 1. The fraction of sp³-hybridized carbons (Fsp3) is 0.250. The first kappa shape index (κ1) is 14.1. The number of rotatable bonds is 0. The molecule has 3 rings (SSSR count). The number of aryl methyl sites for hydroxylation is 2. The molecule has 0 atom stereocenters. The molecule has 4 heteroatoms. The molecule has 1 aromatic carbocycles. The predicted molar refractivity (Wildman–Crippen MR) is 79.0 cm³/mol. The van der Waals surface area contributed by atoms with Crippen LogP contribution in [0.4, 0.5) is 0 Å². The van der Waals surface area contributed by atoms with E-state index in [0.717, 1.165) is 35.3 Å². The van der Waals surface area contributed by atoms with Gasteiger partial charge < -0.3 is 10.3 Å². The molecule has 2 aromatic rings. The van der Waals surface area contributed by atoms with Gasteiger partial charge in [-0.05, 0) is 43.5 Å². The van der Waals surface area contributed by atoms with Gasteiger partial charge in [-0.1, -0.05) is 18.2 Å². The maximum absolute atomic E-state index is 11.2. The summed E-state index contributed by atoms with van der Waals surface area (Å²) >= 11 is 0. The zero-order chi connectivity index (χ0) is 14.5. The van der Waals surface area contributed by atoms with Gasteiger partial charge in [-0.2, -0.15) is 0 Å². The Morgan fingerprint density at radius 1 is 1.05 bits per heavy atom. The molecule has 0 spiro atoms. The molecule has 0 saturated heterocycles. The van der Waals surface area contributed by atoms with Crippen LogP contribution < -0.4 is 10.9 Å². The van der Waals surface area contributed by atoms with Crippen LogP contribution in [0, 0.1) is 13.8 Å². The predicted octanol–water partition coefficient (Wildman–Crippen LogP) is 1.96. The first-order chi connectivity index (χ1) is 9.56. The van der Waals surface area contributed by atoms with Crippen molar-refractivity contribution in [2.24, 2.45) is 0 Å². The van der Waals surface area contributed by atoms with Gasteiger partial charge in [0.2, 0.25) is 5.56 Å². The van der Waals surface area contributed by atoms with Crippen LogP contribution in [0.15, 0.2) is 41.2 Å². The number of carbonyl (C=O) groups excluding carboxylic acids is 1. The highest BCUT2D eigenvalue weighted by Gasteiger charge is 2.14. The molecule has 0 aliphatic carbocycles. The number of aromatic amines is 1. The Balaban J connectivity index is 0.000000151. The summed E-state index contributed by atoms with van der Waals surface area (Å²) < 4.78 is 0. The molecule has 20 heavy (non-hydrogen) atoms. The second-order valence-corrected chi connectivity index (χ2v) is 4.87. The summed E-state index contributed by atoms with van der Waals surface area (Å²) in [4.78, 5) is 24.5. The van der Waals surface area contributed by atoms with Gasteiger partial charge >= 0.3 is 0 Å². The van der Waals surface area contributed by atoms with Crippen molar-refractivity contribution in [2.45, 2.75) is 20.3 Å². The van der Waals surface area contributed by atoms with Gasteiger partial charge in [-0.15, -0.1) is 0 Å². The lowest BCUT2D eigenvalue weighted by Crippen LogP contribution is -2.31. The molecular formula is C16H18N2O2. The maximum Gasteiger partial charge on any atom is 0.251 e. The number of hydrogen-bond donors (Lipinski definition) is 2. The molecule has 2 N–H and O–H groups in total. The topological polar surface area (TPSA) is 62.0 Å². The Bertz CT molecular complexity index is 651. The summed E-state index contributed by atoms with van der Waals surface area (Å²) in [5.41, 5.74) is 3.90. The molecule has 1 aromatic heterocycles. The Hall–Kier alpha value is -2.36. The third-order valence-corrected chi connectivity index (χ3v) is 3.07. The summed E-state index contributed by atoms with van der Waals surface area (Å²) in [5.74, 6) is 0.0619. The van der Waals surface area contributed by atoms with E-state index in [1.54, 1.807) is 6.07 Å². The fourth-order valence-electron chi connectivity index (χ4n) is 2.22. The van der Waals surface area contributed by atoms with Gasteiger partial charge in [-0.3, -0.25) is 9.59 Å². The quantitative estimate of drug-likeness (QED) is 0.768. The second-order valence-electron chi connectivity index (χ2n) is 4.87. The van der Waals surface area contributed by atoms with Crippen LogP contribution in [0.25, 0.3) is 0 Å². The molecular weight excluding hydrogens is 252 g/mol. The fourth-order valence-corrected chi connectivity index (χ4v) is 2.22. The number of carbonyl (C=O) groups is 1. The number of pyridine rings is 1. The molecule has 1 aliphatic rings. The molecule has 0 bridgehead atoms. The smallest absolute Gasteiger partial charge is 0.251 e. The van der Waals surface area contributed by atoms with E-state index in [0.29, 0.717) is 0 Å². The summed E-state index contributed by atoms with van der Waals surface area (Å²) in [6.07, 6.45) is 0.960. The zero-order valence-corrected chi connectivity index (χ0v) is 11.7. The van der Waals surface area contributed by atoms with E-state index in [1.165, 1.54) is 0 Å². The average Bonchev–Trinajstić information content (AvgIpc) is 2.38. The largest absolute Gasteiger partial charge is 0.352 e. The lowest BCUT2D eigenvalue weighted by molar-refractivity contribution is 0.0946. The number of aromatic nitrogens is 1. The lowest BCUT2D eigenvalue weighted by atomic mass is 10.0. The van der Waals surface area contributed by atoms with Gasteiger partial charge in [0.15, 0.2) is 0 Å². The van der Waals surface area contributed by atoms with Crippen LogP contribution in [-0.4, -0.2) is 17.4 Å². The molecule has 0 radical (unpaired) electrons. The Kier molecular flexibility index (Phi) is 4.35. The summed E-state index contributed by atoms with van der Waals surface area (Å²) in [6.45, 7) is 4.55. The van der Waals surface area contributed by atoms with Crippen molar-refractivity contribution in [3.8, 4) is 0 Å². The standard InChI is InChI=1S/C9H9NO.C7H9NO/c11-9-8-4-2-1-3-7(8)5-6-10-9;1-5-3-6(2)8-7(9)4-5/h1-4H,5-6H2,(H,10,11);3-4H,1-2H3,(H,8,9). The normalized spacial score (nSPS) is 12.8. The third kappa shape index (κ3) is 3.57. The second kappa shape index (κ2) is 6.19. The van der Waals surface area contributed by atoms with Gasteiger partial charge in [0, 0.05) is 23.9 Å². The van der Waals surface area contributed by atoms with Crippen LogP contribution >= 0.6 is 0 Å². The molecule has 1 amide bonds. The zero-order valence-electron chi connectivity index (χ0n) is 11.7. The summed E-state index contributed by atoms with van der Waals surface area (Å²) in [7, 11) is 0. The van der Waals surface area contributed by atoms with Crippen LogP contribution in [0.5, 0.6) is 0 Å². The third-order valence-electron chi connectivity index (χ3n) is 3.07. The highest BCUT2D eigenvalue weighted by Crippen LogP contribution is 2.11. The Labute approximate surface area is 117 Å². The first-order valence-corrected chi connectivity index (χ1v) is 6.60. The monoisotopic (exact) mass is 270 g/mol. The molecule has 104 valence electrons. The Morgan fingerprint density at radius 2 is 1.80 bits per heavy atom. The van der Waals surface area contributed by atoms with E-state index in [4.69, 9.17) is 0 Å². The minimum Gasteiger partial charge on any atom is -0.352 e. The molecule has 0 unspecified atom stereocenters. The van der Waals surface area contributed by atoms with Gasteiger partial charge in [-0.25, -0.2) is 0 Å². The van der Waals surface area contributed by atoms with E-state index in [-0.39, 0.29) is 11.5 Å². The van der Waals surface area contributed by atoms with Crippen LogP contribution in [-0.2, 0) is 6.42 Å². The van der Waals surface area contributed by atoms with Gasteiger partial charge in [0.05, 0.1) is 0 Å². The lowest BCUT2D eigenvalue weighted by Gasteiger charge is -2.15. The number of nitrogens with one attached hydrogen (secondary N) is 2. The van der Waals surface area contributed by atoms with Crippen LogP contribution in [0.3, 0.4) is 0 Å². The van der Waals surface area contributed by atoms with E-state index in [1.807, 2.05) is 44.2 Å².